The van der Waals surface area contributed by atoms with Gasteiger partial charge < -0.3 is 8.92 Å². The topological polar surface area (TPSA) is 69.7 Å². The van der Waals surface area contributed by atoms with Crippen molar-refractivity contribution in [3.8, 4) is 0 Å². The number of alkyl halides is 2. The maximum Gasteiger partial charge on any atom is 0.392 e. The molecule has 0 unspecified atom stereocenters. The Labute approximate surface area is 127 Å². The van der Waals surface area contributed by atoms with E-state index in [0.717, 1.165) is 5.56 Å². The van der Waals surface area contributed by atoms with Gasteiger partial charge in [0.05, 0.1) is 0 Å². The zero-order valence-electron chi connectivity index (χ0n) is 11.9. The van der Waals surface area contributed by atoms with Crippen molar-refractivity contribution in [1.82, 2.24) is 0 Å². The standard InChI is InChI=1S/C14H16F2O5S/c1-10-2-4-12(5-3-10)22(18,19)21-13(17)14(15,16)11-6-8-20-9-7-11/h2-5,11H,6-9H2,1H3. The summed E-state index contributed by atoms with van der Waals surface area (Å²) in [6.45, 7) is 1.96. The Morgan fingerprint density at radius 2 is 1.77 bits per heavy atom. The van der Waals surface area contributed by atoms with E-state index in [2.05, 4.69) is 4.18 Å². The summed E-state index contributed by atoms with van der Waals surface area (Å²) < 4.78 is 60.9. The minimum absolute atomic E-state index is 0.0212. The summed E-state index contributed by atoms with van der Waals surface area (Å²) in [6.07, 6.45) is -0.0423. The Morgan fingerprint density at radius 1 is 1.23 bits per heavy atom. The molecule has 0 N–H and O–H groups in total. The molecule has 22 heavy (non-hydrogen) atoms. The molecule has 0 bridgehead atoms. The van der Waals surface area contributed by atoms with Crippen molar-refractivity contribution in [3.63, 3.8) is 0 Å². The molecule has 1 fully saturated rings. The van der Waals surface area contributed by atoms with Crippen molar-refractivity contribution in [2.75, 3.05) is 13.2 Å². The van der Waals surface area contributed by atoms with Crippen LogP contribution in [0.15, 0.2) is 29.2 Å². The average Bonchev–Trinajstić information content (AvgIpc) is 2.48. The summed E-state index contributed by atoms with van der Waals surface area (Å²) >= 11 is 0. The number of carbonyl (C=O) groups is 1. The van der Waals surface area contributed by atoms with Crippen LogP contribution in [0.5, 0.6) is 0 Å². The molecule has 1 saturated heterocycles. The molecular formula is C14H16F2O5S. The third-order valence-corrected chi connectivity index (χ3v) is 4.72. The van der Waals surface area contributed by atoms with Gasteiger partial charge in [-0.05, 0) is 31.9 Å². The number of benzene rings is 1. The van der Waals surface area contributed by atoms with Gasteiger partial charge in [0.15, 0.2) is 0 Å². The fourth-order valence-corrected chi connectivity index (χ4v) is 3.01. The van der Waals surface area contributed by atoms with E-state index in [0.29, 0.717) is 0 Å². The first kappa shape index (κ1) is 16.8. The van der Waals surface area contributed by atoms with E-state index < -0.39 is 27.9 Å². The van der Waals surface area contributed by atoms with Gasteiger partial charge in [0.1, 0.15) is 4.90 Å². The lowest BCUT2D eigenvalue weighted by atomic mass is 9.93. The molecule has 0 amide bonds. The van der Waals surface area contributed by atoms with Gasteiger partial charge in [-0.3, -0.25) is 0 Å². The molecule has 0 spiro atoms. The molecule has 1 aliphatic rings. The molecule has 122 valence electrons. The molecule has 1 aromatic carbocycles. The third kappa shape index (κ3) is 3.61. The van der Waals surface area contributed by atoms with Crippen LogP contribution in [0, 0.1) is 12.8 Å². The fourth-order valence-electron chi connectivity index (χ4n) is 2.14. The number of rotatable bonds is 4. The molecule has 5 nitrogen and oxygen atoms in total. The van der Waals surface area contributed by atoms with E-state index >= 15 is 0 Å². The van der Waals surface area contributed by atoms with Gasteiger partial charge in [0.2, 0.25) is 0 Å². The van der Waals surface area contributed by atoms with E-state index in [1.54, 1.807) is 6.92 Å². The molecule has 0 atom stereocenters. The van der Waals surface area contributed by atoms with Gasteiger partial charge in [-0.15, -0.1) is 0 Å². The first-order valence-electron chi connectivity index (χ1n) is 6.74. The molecule has 8 heteroatoms. The van der Waals surface area contributed by atoms with Crippen LogP contribution in [0.2, 0.25) is 0 Å². The summed E-state index contributed by atoms with van der Waals surface area (Å²) in [5.41, 5.74) is 0.790. The number of halogens is 2. The van der Waals surface area contributed by atoms with E-state index in [-0.39, 0.29) is 31.0 Å². The van der Waals surface area contributed by atoms with Gasteiger partial charge in [-0.25, -0.2) is 4.79 Å². The number of aryl methyl sites for hydroxylation is 1. The zero-order valence-corrected chi connectivity index (χ0v) is 12.7. The average molecular weight is 334 g/mol. The van der Waals surface area contributed by atoms with Crippen molar-refractivity contribution >= 4 is 16.1 Å². The second kappa shape index (κ2) is 6.29. The van der Waals surface area contributed by atoms with Crippen LogP contribution in [0.1, 0.15) is 18.4 Å². The highest BCUT2D eigenvalue weighted by molar-refractivity contribution is 7.87. The Bertz CT molecular complexity index is 634. The highest BCUT2D eigenvalue weighted by Crippen LogP contribution is 2.34. The largest absolute Gasteiger partial charge is 0.392 e. The molecular weight excluding hydrogens is 318 g/mol. The maximum atomic E-state index is 14.0. The van der Waals surface area contributed by atoms with Crippen molar-refractivity contribution in [2.24, 2.45) is 5.92 Å². The smallest absolute Gasteiger partial charge is 0.381 e. The highest BCUT2D eigenvalue weighted by Gasteiger charge is 2.50. The predicted molar refractivity (Wildman–Crippen MR) is 72.9 cm³/mol. The van der Waals surface area contributed by atoms with Crippen molar-refractivity contribution < 1.29 is 30.9 Å². The number of carbonyl (C=O) groups excluding carboxylic acids is 1. The van der Waals surface area contributed by atoms with Crippen LogP contribution in [0.4, 0.5) is 8.78 Å². The first-order chi connectivity index (χ1) is 10.2. The lowest BCUT2D eigenvalue weighted by molar-refractivity contribution is -0.174. The van der Waals surface area contributed by atoms with Crippen molar-refractivity contribution in [1.29, 1.82) is 0 Å². The van der Waals surface area contributed by atoms with Gasteiger partial charge in [-0.2, -0.15) is 17.2 Å². The SMILES string of the molecule is Cc1ccc(S(=O)(=O)OC(=O)C(F)(F)C2CCOCC2)cc1. The second-order valence-corrected chi connectivity index (χ2v) is 6.69. The minimum atomic E-state index is -4.56. The third-order valence-electron chi connectivity index (χ3n) is 3.50. The molecule has 0 saturated carbocycles. The summed E-state index contributed by atoms with van der Waals surface area (Å²) in [7, 11) is -4.56. The second-order valence-electron chi connectivity index (χ2n) is 5.15. The van der Waals surface area contributed by atoms with Crippen molar-refractivity contribution in [3.05, 3.63) is 29.8 Å². The zero-order chi connectivity index (χ0) is 16.4. The summed E-state index contributed by atoms with van der Waals surface area (Å²) in [5, 5.41) is 0. The molecule has 1 aliphatic heterocycles. The molecule has 0 radical (unpaired) electrons. The monoisotopic (exact) mass is 334 g/mol. The van der Waals surface area contributed by atoms with E-state index in [4.69, 9.17) is 4.74 Å². The van der Waals surface area contributed by atoms with E-state index in [9.17, 15) is 22.0 Å². The molecule has 2 rings (SSSR count). The van der Waals surface area contributed by atoms with E-state index in [1.165, 1.54) is 24.3 Å². The van der Waals surface area contributed by atoms with Crippen LogP contribution in [0.3, 0.4) is 0 Å². The van der Waals surface area contributed by atoms with Crippen molar-refractivity contribution in [2.45, 2.75) is 30.6 Å². The summed E-state index contributed by atoms with van der Waals surface area (Å²) in [4.78, 5) is 11.3. The minimum Gasteiger partial charge on any atom is -0.381 e. The van der Waals surface area contributed by atoms with Crippen LogP contribution in [-0.2, 0) is 23.8 Å². The Balaban J connectivity index is 2.14. The highest BCUT2D eigenvalue weighted by atomic mass is 32.2. The predicted octanol–water partition coefficient (Wildman–Crippen LogP) is 2.29. The first-order valence-corrected chi connectivity index (χ1v) is 8.15. The molecule has 0 aliphatic carbocycles. The Morgan fingerprint density at radius 3 is 2.32 bits per heavy atom. The number of hydrogen-bond acceptors (Lipinski definition) is 5. The van der Waals surface area contributed by atoms with Gasteiger partial charge in [-0.1, -0.05) is 17.7 Å². The van der Waals surface area contributed by atoms with Gasteiger partial charge >= 0.3 is 22.0 Å². The normalized spacial score (nSPS) is 17.2. The maximum absolute atomic E-state index is 14.0. The summed E-state index contributed by atoms with van der Waals surface area (Å²) in [5.74, 6) is -7.18. The molecule has 1 aromatic rings. The van der Waals surface area contributed by atoms with Crippen LogP contribution in [-0.4, -0.2) is 33.5 Å². The van der Waals surface area contributed by atoms with Crippen LogP contribution < -0.4 is 0 Å². The Kier molecular flexibility index (Phi) is 4.81. The van der Waals surface area contributed by atoms with Gasteiger partial charge in [0, 0.05) is 19.1 Å². The lowest BCUT2D eigenvalue weighted by Crippen LogP contribution is -2.42. The molecule has 0 aromatic heterocycles. The fraction of sp³-hybridized carbons (Fsp3) is 0.500. The number of ether oxygens (including phenoxy) is 1. The summed E-state index contributed by atoms with van der Waals surface area (Å²) in [6, 6.07) is 5.36. The van der Waals surface area contributed by atoms with Crippen LogP contribution >= 0.6 is 0 Å². The molecule has 1 heterocycles. The quantitative estimate of drug-likeness (QED) is 0.790. The number of hydrogen-bond donors (Lipinski definition) is 0. The van der Waals surface area contributed by atoms with Gasteiger partial charge in [0.25, 0.3) is 0 Å². The Hall–Kier alpha value is -1.54. The van der Waals surface area contributed by atoms with E-state index in [1.807, 2.05) is 0 Å². The van der Waals surface area contributed by atoms with Crippen LogP contribution in [0.25, 0.3) is 0 Å². The lowest BCUT2D eigenvalue weighted by Gasteiger charge is -2.27.